The number of hydrogen-bond donors (Lipinski definition) is 3. The molecule has 5 rings (SSSR count). The maximum atomic E-state index is 13.7. The molecule has 3 amide bonds. The van der Waals surface area contributed by atoms with E-state index in [4.69, 9.17) is 14.2 Å². The molecule has 254 valence electrons. The molecule has 50 heavy (non-hydrogen) atoms. The molecule has 0 saturated carbocycles. The standard InChI is InChI=1S/C39H34BrN3O6S/c1-47-33-23-25(24-34(48-2)35(33)49-3)22-32(43-37(44)27-14-8-5-9-15-27)38(45)41-28-18-20-29(21-19-28)50-36(26-12-6-4-7-13-26)39(46)42-31-17-11-10-16-30(31)40/h4-24,36H,1-3H3,(H,41,45)(H,42,46)(H,43,44)/b32-22-. The molecule has 0 aliphatic heterocycles. The molecular weight excluding hydrogens is 718 g/mol. The van der Waals surface area contributed by atoms with Gasteiger partial charge in [-0.3, -0.25) is 14.4 Å². The van der Waals surface area contributed by atoms with Gasteiger partial charge in [0, 0.05) is 20.6 Å². The van der Waals surface area contributed by atoms with Gasteiger partial charge in [0.2, 0.25) is 11.7 Å². The Hall–Kier alpha value is -5.52. The molecule has 3 N–H and O–H groups in total. The molecule has 0 bridgehead atoms. The molecule has 1 unspecified atom stereocenters. The molecule has 0 saturated heterocycles. The number of anilines is 2. The first-order chi connectivity index (χ1) is 24.3. The third-order valence-corrected chi connectivity index (χ3v) is 9.32. The summed E-state index contributed by atoms with van der Waals surface area (Å²) in [6.07, 6.45) is 1.53. The quantitative estimate of drug-likeness (QED) is 0.0819. The van der Waals surface area contributed by atoms with E-state index in [-0.39, 0.29) is 11.6 Å². The SMILES string of the molecule is COc1cc(/C=C(\NC(=O)c2ccccc2)C(=O)Nc2ccc(SC(C(=O)Nc3ccccc3Br)c3ccccc3)cc2)cc(OC)c1OC. The number of halogens is 1. The molecule has 0 aliphatic rings. The first-order valence-corrected chi connectivity index (χ1v) is 17.0. The number of para-hydroxylation sites is 1. The van der Waals surface area contributed by atoms with Crippen LogP contribution < -0.4 is 30.2 Å². The third kappa shape index (κ3) is 9.13. The van der Waals surface area contributed by atoms with Crippen LogP contribution in [0.25, 0.3) is 6.08 Å². The van der Waals surface area contributed by atoms with Crippen molar-refractivity contribution in [1.82, 2.24) is 5.32 Å². The summed E-state index contributed by atoms with van der Waals surface area (Å²) >= 11 is 4.88. The lowest BCUT2D eigenvalue weighted by Crippen LogP contribution is -2.30. The Labute approximate surface area is 303 Å². The molecule has 0 aromatic heterocycles. The molecule has 11 heteroatoms. The maximum absolute atomic E-state index is 13.7. The van der Waals surface area contributed by atoms with E-state index in [1.54, 1.807) is 54.6 Å². The Morgan fingerprint density at radius 2 is 1.32 bits per heavy atom. The van der Waals surface area contributed by atoms with E-state index in [9.17, 15) is 14.4 Å². The van der Waals surface area contributed by atoms with Crippen molar-refractivity contribution in [3.8, 4) is 17.2 Å². The molecule has 5 aromatic carbocycles. The van der Waals surface area contributed by atoms with Crippen molar-refractivity contribution in [1.29, 1.82) is 0 Å². The van der Waals surface area contributed by atoms with Gasteiger partial charge in [-0.25, -0.2) is 0 Å². The van der Waals surface area contributed by atoms with E-state index >= 15 is 0 Å². The van der Waals surface area contributed by atoms with Gasteiger partial charge < -0.3 is 30.2 Å². The highest BCUT2D eigenvalue weighted by Gasteiger charge is 2.23. The van der Waals surface area contributed by atoms with E-state index in [0.717, 1.165) is 14.9 Å². The number of methoxy groups -OCH3 is 3. The lowest BCUT2D eigenvalue weighted by Gasteiger charge is -2.18. The molecular formula is C39H34BrN3O6S. The van der Waals surface area contributed by atoms with Gasteiger partial charge in [0.25, 0.3) is 11.8 Å². The van der Waals surface area contributed by atoms with Gasteiger partial charge in [-0.05, 0) is 93.8 Å². The van der Waals surface area contributed by atoms with E-state index in [1.807, 2.05) is 66.7 Å². The normalized spacial score (nSPS) is 11.6. The minimum atomic E-state index is -0.557. The summed E-state index contributed by atoms with van der Waals surface area (Å²) in [6.45, 7) is 0. The van der Waals surface area contributed by atoms with Crippen LogP contribution in [0, 0.1) is 0 Å². The number of nitrogens with one attached hydrogen (secondary N) is 3. The second-order valence-electron chi connectivity index (χ2n) is 10.7. The smallest absolute Gasteiger partial charge is 0.272 e. The van der Waals surface area contributed by atoms with Crippen LogP contribution in [0.2, 0.25) is 0 Å². The second-order valence-corrected chi connectivity index (χ2v) is 12.7. The highest BCUT2D eigenvalue weighted by atomic mass is 79.9. The second kappa shape index (κ2) is 17.2. The fourth-order valence-corrected chi connectivity index (χ4v) is 6.32. The Kier molecular flexibility index (Phi) is 12.3. The van der Waals surface area contributed by atoms with E-state index in [0.29, 0.717) is 39.8 Å². The van der Waals surface area contributed by atoms with Crippen LogP contribution in [-0.4, -0.2) is 39.1 Å². The van der Waals surface area contributed by atoms with Crippen LogP contribution in [0.15, 0.2) is 136 Å². The van der Waals surface area contributed by atoms with Crippen LogP contribution in [0.1, 0.15) is 26.7 Å². The number of benzene rings is 5. The summed E-state index contributed by atoms with van der Waals surface area (Å²) in [6, 6.07) is 36.0. The fourth-order valence-electron chi connectivity index (χ4n) is 4.91. The van der Waals surface area contributed by atoms with Gasteiger partial charge in [0.1, 0.15) is 10.9 Å². The molecule has 0 heterocycles. The zero-order valence-electron chi connectivity index (χ0n) is 27.4. The first-order valence-electron chi connectivity index (χ1n) is 15.4. The Balaban J connectivity index is 1.38. The molecule has 0 fully saturated rings. The predicted octanol–water partition coefficient (Wildman–Crippen LogP) is 8.36. The van der Waals surface area contributed by atoms with Crippen molar-refractivity contribution in [3.63, 3.8) is 0 Å². The van der Waals surface area contributed by atoms with E-state index in [2.05, 4.69) is 31.9 Å². The summed E-state index contributed by atoms with van der Waals surface area (Å²) < 4.78 is 17.2. The van der Waals surface area contributed by atoms with Crippen molar-refractivity contribution < 1.29 is 28.6 Å². The van der Waals surface area contributed by atoms with Crippen LogP contribution in [0.3, 0.4) is 0 Å². The molecule has 0 aliphatic carbocycles. The monoisotopic (exact) mass is 751 g/mol. The minimum absolute atomic E-state index is 0.0144. The van der Waals surface area contributed by atoms with Crippen molar-refractivity contribution in [2.45, 2.75) is 10.1 Å². The average molecular weight is 753 g/mol. The van der Waals surface area contributed by atoms with Crippen LogP contribution in [0.4, 0.5) is 11.4 Å². The fraction of sp³-hybridized carbons (Fsp3) is 0.103. The summed E-state index contributed by atoms with van der Waals surface area (Å²) in [5.41, 5.74) is 2.89. The highest BCUT2D eigenvalue weighted by molar-refractivity contribution is 9.10. The number of thioether (sulfide) groups is 1. The lowest BCUT2D eigenvalue weighted by molar-refractivity contribution is -0.116. The zero-order chi connectivity index (χ0) is 35.5. The molecule has 1 atom stereocenters. The number of carbonyl (C=O) groups is 3. The summed E-state index contributed by atoms with van der Waals surface area (Å²) in [5, 5.41) is 8.08. The first kappa shape index (κ1) is 35.8. The lowest BCUT2D eigenvalue weighted by atomic mass is 10.1. The number of ether oxygens (including phenoxy) is 3. The van der Waals surface area contributed by atoms with Crippen LogP contribution >= 0.6 is 27.7 Å². The van der Waals surface area contributed by atoms with Gasteiger partial charge in [-0.1, -0.05) is 60.7 Å². The number of rotatable bonds is 13. The Morgan fingerprint density at radius 3 is 1.92 bits per heavy atom. The summed E-state index contributed by atoms with van der Waals surface area (Å²) in [4.78, 5) is 41.2. The maximum Gasteiger partial charge on any atom is 0.272 e. The topological polar surface area (TPSA) is 115 Å². The van der Waals surface area contributed by atoms with Crippen LogP contribution in [0.5, 0.6) is 17.2 Å². The van der Waals surface area contributed by atoms with Gasteiger partial charge >= 0.3 is 0 Å². The number of amides is 3. The predicted molar refractivity (Wildman–Crippen MR) is 201 cm³/mol. The molecule has 0 spiro atoms. The van der Waals surface area contributed by atoms with Gasteiger partial charge in [-0.15, -0.1) is 11.8 Å². The van der Waals surface area contributed by atoms with Crippen molar-refractivity contribution in [2.75, 3.05) is 32.0 Å². The van der Waals surface area contributed by atoms with E-state index < -0.39 is 17.1 Å². The zero-order valence-corrected chi connectivity index (χ0v) is 29.8. The van der Waals surface area contributed by atoms with Gasteiger partial charge in [-0.2, -0.15) is 0 Å². The molecule has 9 nitrogen and oxygen atoms in total. The van der Waals surface area contributed by atoms with E-state index in [1.165, 1.54) is 39.2 Å². The highest BCUT2D eigenvalue weighted by Crippen LogP contribution is 2.39. The summed E-state index contributed by atoms with van der Waals surface area (Å²) in [5.74, 6) is -0.0265. The average Bonchev–Trinajstić information content (AvgIpc) is 3.15. The number of hydrogen-bond acceptors (Lipinski definition) is 7. The molecule has 5 aromatic rings. The van der Waals surface area contributed by atoms with Gasteiger partial charge in [0.05, 0.1) is 27.0 Å². The van der Waals surface area contributed by atoms with Gasteiger partial charge in [0.15, 0.2) is 11.5 Å². The third-order valence-electron chi connectivity index (χ3n) is 7.37. The van der Waals surface area contributed by atoms with Crippen molar-refractivity contribution in [2.24, 2.45) is 0 Å². The summed E-state index contributed by atoms with van der Waals surface area (Å²) in [7, 11) is 4.49. The Morgan fingerprint density at radius 1 is 0.720 bits per heavy atom. The van der Waals surface area contributed by atoms with Crippen LogP contribution in [-0.2, 0) is 9.59 Å². The van der Waals surface area contributed by atoms with Crippen molar-refractivity contribution in [3.05, 3.63) is 148 Å². The minimum Gasteiger partial charge on any atom is -0.493 e. The molecule has 0 radical (unpaired) electrons. The number of carbonyl (C=O) groups excluding carboxylic acids is 3. The largest absolute Gasteiger partial charge is 0.493 e. The van der Waals surface area contributed by atoms with Crippen molar-refractivity contribution >= 4 is 62.9 Å². The Bertz CT molecular complexity index is 1960.